The van der Waals surface area contributed by atoms with E-state index in [1.807, 2.05) is 0 Å². The number of esters is 1. The van der Waals surface area contributed by atoms with Crippen LogP contribution in [0.4, 0.5) is 8.96 Å². The number of hydrogen-bond acceptors (Lipinski definition) is 3. The topological polar surface area (TPSA) is 29.5 Å². The molecule has 0 radical (unpaired) electrons. The number of halogens is 2. The molecule has 5 heteroatoms. The average molecular weight is 215 g/mol. The maximum atomic E-state index is 12.7. The molecular weight excluding hydrogens is 204 g/mol. The van der Waals surface area contributed by atoms with Crippen molar-refractivity contribution in [3.63, 3.8) is 0 Å². The van der Waals surface area contributed by atoms with E-state index in [1.165, 1.54) is 12.1 Å². The van der Waals surface area contributed by atoms with E-state index in [4.69, 9.17) is 0 Å². The van der Waals surface area contributed by atoms with Crippen LogP contribution in [0, 0.1) is 0 Å². The lowest BCUT2D eigenvalue weighted by Crippen LogP contribution is -2.42. The number of carbonyl (C=O) groups is 1. The fourth-order valence-electron chi connectivity index (χ4n) is 1.25. The van der Waals surface area contributed by atoms with Gasteiger partial charge < -0.3 is 4.74 Å². The van der Waals surface area contributed by atoms with Crippen molar-refractivity contribution in [2.75, 3.05) is 7.11 Å². The molecule has 0 amide bonds. The van der Waals surface area contributed by atoms with Gasteiger partial charge in [-0.3, -0.25) is 0 Å². The van der Waals surface area contributed by atoms with Crippen LogP contribution in [0.25, 0.3) is 0 Å². The van der Waals surface area contributed by atoms with Gasteiger partial charge in [-0.25, -0.2) is 4.79 Å². The molecule has 1 atom stereocenters. The molecule has 0 spiro atoms. The Balaban J connectivity index is 3.19. The summed E-state index contributed by atoms with van der Waals surface area (Å²) in [5.41, 5.74) is -1.88. The van der Waals surface area contributed by atoms with Crippen LogP contribution in [-0.4, -0.2) is 18.4 Å². The van der Waals surface area contributed by atoms with Gasteiger partial charge in [-0.1, -0.05) is 39.3 Å². The molecule has 1 aromatic rings. The smallest absolute Gasteiger partial charge is 0.336 e. The molecule has 0 aliphatic heterocycles. The van der Waals surface area contributed by atoms with Crippen LogP contribution < -0.4 is 0 Å². The van der Waals surface area contributed by atoms with Crippen molar-refractivity contribution in [1.29, 1.82) is 0 Å². The van der Waals surface area contributed by atoms with Gasteiger partial charge in [0.15, 0.2) is 0 Å². The summed E-state index contributed by atoms with van der Waals surface area (Å²) in [7, 11) is 1.08. The van der Waals surface area contributed by atoms with E-state index in [9.17, 15) is 13.8 Å². The highest BCUT2D eigenvalue weighted by Gasteiger charge is 2.44. The van der Waals surface area contributed by atoms with Crippen molar-refractivity contribution in [2.24, 2.45) is 0 Å². The fourth-order valence-corrected chi connectivity index (χ4v) is 1.25. The Morgan fingerprint density at radius 1 is 1.33 bits per heavy atom. The third-order valence-corrected chi connectivity index (χ3v) is 2.26. The molecule has 0 aromatic heterocycles. The van der Waals surface area contributed by atoms with Crippen LogP contribution in [0.1, 0.15) is 12.5 Å². The lowest BCUT2D eigenvalue weighted by atomic mass is 9.93. The molecule has 1 aromatic carbocycles. The lowest BCUT2D eigenvalue weighted by Gasteiger charge is -2.26. The van der Waals surface area contributed by atoms with Crippen LogP contribution in [-0.2, 0) is 15.1 Å². The Kier molecular flexibility index (Phi) is 3.36. The quantitative estimate of drug-likeness (QED) is 0.571. The van der Waals surface area contributed by atoms with E-state index >= 15 is 0 Å². The third kappa shape index (κ3) is 1.97. The lowest BCUT2D eigenvalue weighted by molar-refractivity contribution is -0.238. The summed E-state index contributed by atoms with van der Waals surface area (Å²) in [6, 6.07) is 7.74. The molecule has 3 nitrogen and oxygen atoms in total. The van der Waals surface area contributed by atoms with Crippen LogP contribution in [0.15, 0.2) is 30.3 Å². The Bertz CT molecular complexity index is 343. The van der Waals surface area contributed by atoms with Gasteiger partial charge in [0.25, 0.3) is 0 Å². The minimum atomic E-state index is -2.06. The van der Waals surface area contributed by atoms with Gasteiger partial charge in [0.05, 0.1) is 7.11 Å². The number of hydrogen-bond donors (Lipinski definition) is 0. The average Bonchev–Trinajstić information content (AvgIpc) is 2.27. The summed E-state index contributed by atoms with van der Waals surface area (Å²) in [5, 5.41) is -1.14. The van der Waals surface area contributed by atoms with Crippen molar-refractivity contribution < 1.29 is 18.5 Å². The Morgan fingerprint density at radius 2 is 1.87 bits per heavy atom. The molecule has 0 heterocycles. The number of benzene rings is 1. The minimum Gasteiger partial charge on any atom is -0.467 e. The first-order valence-electron chi connectivity index (χ1n) is 4.29. The summed E-state index contributed by atoms with van der Waals surface area (Å²) >= 11 is 0. The molecule has 82 valence electrons. The molecule has 0 unspecified atom stereocenters. The number of ether oxygens (including phenoxy) is 1. The molecule has 0 saturated heterocycles. The number of nitrogens with zero attached hydrogens (tertiary/aromatic N) is 1. The third-order valence-electron chi connectivity index (χ3n) is 2.26. The SMILES string of the molecule is COC(=O)[C@](C)(c1ccccc1)N(F)F. The second-order valence-electron chi connectivity index (χ2n) is 3.16. The minimum absolute atomic E-state index is 0.182. The van der Waals surface area contributed by atoms with Gasteiger partial charge in [0, 0.05) is 5.34 Å². The van der Waals surface area contributed by atoms with E-state index in [0.717, 1.165) is 14.0 Å². The highest BCUT2D eigenvalue weighted by molar-refractivity contribution is 5.81. The van der Waals surface area contributed by atoms with E-state index in [1.54, 1.807) is 18.2 Å². The molecule has 15 heavy (non-hydrogen) atoms. The Morgan fingerprint density at radius 3 is 2.27 bits per heavy atom. The van der Waals surface area contributed by atoms with Crippen molar-refractivity contribution in [3.05, 3.63) is 35.9 Å². The molecule has 1 rings (SSSR count). The van der Waals surface area contributed by atoms with Crippen LogP contribution in [0.3, 0.4) is 0 Å². The van der Waals surface area contributed by atoms with Gasteiger partial charge in [0.1, 0.15) is 0 Å². The Labute approximate surface area is 86.1 Å². The summed E-state index contributed by atoms with van der Waals surface area (Å²) in [6.07, 6.45) is 0. The first-order valence-corrected chi connectivity index (χ1v) is 4.29. The van der Waals surface area contributed by atoms with Crippen molar-refractivity contribution in [1.82, 2.24) is 5.34 Å². The maximum Gasteiger partial charge on any atom is 0.336 e. The summed E-state index contributed by atoms with van der Waals surface area (Å²) in [6.45, 7) is 1.11. The zero-order valence-electron chi connectivity index (χ0n) is 8.41. The van der Waals surface area contributed by atoms with Gasteiger partial charge in [-0.15, -0.1) is 0 Å². The highest BCUT2D eigenvalue weighted by atomic mass is 19.4. The summed E-state index contributed by atoms with van der Waals surface area (Å²) < 4.78 is 29.8. The van der Waals surface area contributed by atoms with Crippen LogP contribution >= 0.6 is 0 Å². The standard InChI is InChI=1S/C10H11F2NO2/c1-10(13(11)12,9(14)15-2)8-6-4-3-5-7-8/h3-7H,1-2H3/t10-/m0/s1. The molecule has 0 N–H and O–H groups in total. The fraction of sp³-hybridized carbons (Fsp3) is 0.300. The van der Waals surface area contributed by atoms with Crippen molar-refractivity contribution in [2.45, 2.75) is 12.5 Å². The molecule has 0 aliphatic carbocycles. The van der Waals surface area contributed by atoms with Crippen LogP contribution in [0.2, 0.25) is 0 Å². The van der Waals surface area contributed by atoms with Gasteiger partial charge in [0.2, 0.25) is 5.54 Å². The van der Waals surface area contributed by atoms with E-state index in [2.05, 4.69) is 4.74 Å². The molecule has 0 bridgehead atoms. The van der Waals surface area contributed by atoms with E-state index in [-0.39, 0.29) is 5.56 Å². The largest absolute Gasteiger partial charge is 0.467 e. The van der Waals surface area contributed by atoms with E-state index in [0.29, 0.717) is 0 Å². The second-order valence-corrected chi connectivity index (χ2v) is 3.16. The molecule has 0 aliphatic rings. The van der Waals surface area contributed by atoms with Gasteiger partial charge >= 0.3 is 5.97 Å². The first-order chi connectivity index (χ1) is 7.03. The van der Waals surface area contributed by atoms with Crippen molar-refractivity contribution >= 4 is 5.97 Å². The zero-order valence-corrected chi connectivity index (χ0v) is 8.41. The number of carbonyl (C=O) groups excluding carboxylic acids is 1. The van der Waals surface area contributed by atoms with Crippen LogP contribution in [0.5, 0.6) is 0 Å². The van der Waals surface area contributed by atoms with E-state index < -0.39 is 16.9 Å². The maximum absolute atomic E-state index is 12.7. The monoisotopic (exact) mass is 215 g/mol. The molecule has 0 saturated carbocycles. The second kappa shape index (κ2) is 4.35. The van der Waals surface area contributed by atoms with Crippen molar-refractivity contribution in [3.8, 4) is 0 Å². The van der Waals surface area contributed by atoms with Gasteiger partial charge in [-0.2, -0.15) is 0 Å². The summed E-state index contributed by atoms with van der Waals surface area (Å²) in [4.78, 5) is 11.3. The first kappa shape index (κ1) is 11.6. The predicted molar refractivity (Wildman–Crippen MR) is 49.9 cm³/mol. The normalized spacial score (nSPS) is 14.7. The van der Waals surface area contributed by atoms with Gasteiger partial charge in [-0.05, 0) is 12.5 Å². The highest BCUT2D eigenvalue weighted by Crippen LogP contribution is 2.30. The summed E-state index contributed by atoms with van der Waals surface area (Å²) in [5.74, 6) is -1.00. The zero-order chi connectivity index (χ0) is 11.5. The number of methoxy groups -OCH3 is 1. The Hall–Kier alpha value is -1.49. The molecule has 0 fully saturated rings. The predicted octanol–water partition coefficient (Wildman–Crippen LogP) is 2.15. The number of rotatable bonds is 3. The molecular formula is C10H11F2NO2.